The molecule has 200 valence electrons. The lowest BCUT2D eigenvalue weighted by atomic mass is 9.57. The number of aromatic nitrogens is 5. The summed E-state index contributed by atoms with van der Waals surface area (Å²) in [7, 11) is 0. The maximum Gasteiger partial charge on any atom is 0.394 e. The highest BCUT2D eigenvalue weighted by Gasteiger charge is 2.60. The summed E-state index contributed by atoms with van der Waals surface area (Å²) < 4.78 is 42.8. The average Bonchev–Trinajstić information content (AvgIpc) is 3.09. The van der Waals surface area contributed by atoms with Crippen LogP contribution in [-0.4, -0.2) is 54.9 Å². The minimum atomic E-state index is -4.19. The van der Waals surface area contributed by atoms with Gasteiger partial charge in [0.2, 0.25) is 0 Å². The number of benzene rings is 1. The minimum absolute atomic E-state index is 0.0976. The molecule has 1 spiro atoms. The Balaban J connectivity index is 1.12. The van der Waals surface area contributed by atoms with E-state index >= 15 is 0 Å². The summed E-state index contributed by atoms with van der Waals surface area (Å²) in [6, 6.07) is 5.63. The van der Waals surface area contributed by atoms with Crippen LogP contribution in [0, 0.1) is 17.8 Å². The molecule has 2 aliphatic carbocycles. The molecule has 3 fully saturated rings. The third kappa shape index (κ3) is 3.74. The Labute approximate surface area is 224 Å². The van der Waals surface area contributed by atoms with Gasteiger partial charge in [-0.2, -0.15) is 13.2 Å². The molecule has 7 rings (SSSR count). The molecule has 0 N–H and O–H groups in total. The first-order valence-corrected chi connectivity index (χ1v) is 13.5. The van der Waals surface area contributed by atoms with E-state index in [1.807, 2.05) is 31.3 Å². The number of hydrogen-bond acceptors (Lipinski definition) is 6. The number of halogens is 4. The van der Waals surface area contributed by atoms with E-state index in [1.165, 1.54) is 6.92 Å². The molecule has 0 radical (unpaired) electrons. The van der Waals surface area contributed by atoms with Crippen molar-refractivity contribution in [3.05, 3.63) is 58.5 Å². The van der Waals surface area contributed by atoms with Gasteiger partial charge >= 0.3 is 6.18 Å². The van der Waals surface area contributed by atoms with Crippen molar-refractivity contribution in [2.24, 2.45) is 10.8 Å². The molecule has 1 saturated heterocycles. The smallest absolute Gasteiger partial charge is 0.354 e. The number of anilines is 1. The van der Waals surface area contributed by atoms with Crippen LogP contribution in [0.3, 0.4) is 0 Å². The van der Waals surface area contributed by atoms with Crippen molar-refractivity contribution >= 4 is 17.4 Å². The van der Waals surface area contributed by atoms with E-state index < -0.39 is 11.6 Å². The van der Waals surface area contributed by atoms with Crippen LogP contribution >= 0.6 is 11.6 Å². The fourth-order valence-electron chi connectivity index (χ4n) is 7.00. The second-order valence-electron chi connectivity index (χ2n) is 12.1. The van der Waals surface area contributed by atoms with Gasteiger partial charge in [-0.05, 0) is 56.4 Å². The van der Waals surface area contributed by atoms with Crippen LogP contribution in [0.25, 0.3) is 5.69 Å². The van der Waals surface area contributed by atoms with Gasteiger partial charge in [-0.25, -0.2) is 4.98 Å². The predicted octanol–water partition coefficient (Wildman–Crippen LogP) is 5.45. The fraction of sp³-hybridized carbons (Fsp3) is 0.556. The summed E-state index contributed by atoms with van der Waals surface area (Å²) in [6.45, 7) is 6.21. The van der Waals surface area contributed by atoms with Crippen LogP contribution in [-0.2, 0) is 13.1 Å². The van der Waals surface area contributed by atoms with Crippen LogP contribution in [0.2, 0.25) is 5.02 Å². The van der Waals surface area contributed by atoms with Gasteiger partial charge in [0.1, 0.15) is 11.6 Å². The highest BCUT2D eigenvalue weighted by molar-refractivity contribution is 6.30. The molecule has 2 saturated carbocycles. The number of alkyl halides is 3. The maximum absolute atomic E-state index is 13.5. The normalized spacial score (nSPS) is 26.7. The second kappa shape index (κ2) is 8.14. The molecule has 0 amide bonds. The summed E-state index contributed by atoms with van der Waals surface area (Å²) in [5.41, 5.74) is 1.53. The molecular formula is C27H29ClF3N7. The van der Waals surface area contributed by atoms with Crippen molar-refractivity contribution in [1.82, 2.24) is 29.6 Å². The first-order chi connectivity index (χ1) is 18.0. The van der Waals surface area contributed by atoms with Gasteiger partial charge in [-0.15, -0.1) is 10.2 Å². The summed E-state index contributed by atoms with van der Waals surface area (Å²) >= 11 is 6.37. The van der Waals surface area contributed by atoms with Crippen LogP contribution < -0.4 is 4.90 Å². The van der Waals surface area contributed by atoms with Crippen molar-refractivity contribution in [1.29, 1.82) is 0 Å². The molecule has 0 unspecified atom stereocenters. The SMILES string of the molecule is Cc1cncc(N2CC3(CC(c4nnc5n4-c4ccc(Cl)cc4CN(C4CC(C)(C(F)(F)F)C4)C5)C3)C2)n1. The van der Waals surface area contributed by atoms with Crippen molar-refractivity contribution < 1.29 is 13.2 Å². The largest absolute Gasteiger partial charge is 0.394 e. The third-order valence-electron chi connectivity index (χ3n) is 9.17. The number of aryl methyl sites for hydroxylation is 1. The Kier molecular flexibility index (Phi) is 5.21. The van der Waals surface area contributed by atoms with E-state index in [-0.39, 0.29) is 30.2 Å². The topological polar surface area (TPSA) is 63.0 Å². The lowest BCUT2D eigenvalue weighted by Gasteiger charge is -2.59. The number of fused-ring (bicyclic) bond motifs is 3. The molecule has 2 aromatic heterocycles. The minimum Gasteiger partial charge on any atom is -0.354 e. The summed E-state index contributed by atoms with van der Waals surface area (Å²) in [5.74, 6) is 2.94. The summed E-state index contributed by atoms with van der Waals surface area (Å²) in [5, 5.41) is 9.82. The van der Waals surface area contributed by atoms with Crippen LogP contribution in [0.4, 0.5) is 19.0 Å². The van der Waals surface area contributed by atoms with E-state index in [9.17, 15) is 13.2 Å². The quantitative estimate of drug-likeness (QED) is 0.438. The van der Waals surface area contributed by atoms with Crippen molar-refractivity contribution in [3.8, 4) is 5.69 Å². The zero-order chi connectivity index (χ0) is 26.4. The molecule has 4 heterocycles. The summed E-state index contributed by atoms with van der Waals surface area (Å²) in [6.07, 6.45) is 1.65. The molecule has 1 aromatic carbocycles. The Morgan fingerprint density at radius 1 is 1.03 bits per heavy atom. The number of hydrogen-bond donors (Lipinski definition) is 0. The highest BCUT2D eigenvalue weighted by Crippen LogP contribution is 2.57. The van der Waals surface area contributed by atoms with E-state index in [1.54, 1.807) is 6.20 Å². The Morgan fingerprint density at radius 3 is 2.50 bits per heavy atom. The first kappa shape index (κ1) is 24.3. The van der Waals surface area contributed by atoms with Crippen molar-refractivity contribution in [3.63, 3.8) is 0 Å². The van der Waals surface area contributed by atoms with E-state index in [2.05, 4.69) is 34.5 Å². The fourth-order valence-corrected chi connectivity index (χ4v) is 7.19. The van der Waals surface area contributed by atoms with Gasteiger partial charge in [0.05, 0.1) is 29.5 Å². The zero-order valence-corrected chi connectivity index (χ0v) is 22.1. The van der Waals surface area contributed by atoms with Crippen molar-refractivity contribution in [2.45, 2.75) is 70.8 Å². The van der Waals surface area contributed by atoms with Gasteiger partial charge in [0.15, 0.2) is 5.82 Å². The molecule has 2 aliphatic heterocycles. The molecule has 0 bridgehead atoms. The van der Waals surface area contributed by atoms with E-state index in [0.29, 0.717) is 18.1 Å². The Morgan fingerprint density at radius 2 is 1.79 bits per heavy atom. The van der Waals surface area contributed by atoms with Gasteiger partial charge in [0.25, 0.3) is 0 Å². The zero-order valence-electron chi connectivity index (χ0n) is 21.3. The van der Waals surface area contributed by atoms with Crippen LogP contribution in [0.1, 0.15) is 61.4 Å². The Bertz CT molecular complexity index is 1400. The number of nitrogens with zero attached hydrogens (tertiary/aromatic N) is 7. The average molecular weight is 544 g/mol. The molecule has 3 aromatic rings. The van der Waals surface area contributed by atoms with Crippen molar-refractivity contribution in [2.75, 3.05) is 18.0 Å². The lowest BCUT2D eigenvalue weighted by Crippen LogP contribution is -2.62. The molecule has 0 atom stereocenters. The number of rotatable bonds is 3. The predicted molar refractivity (Wildman–Crippen MR) is 136 cm³/mol. The van der Waals surface area contributed by atoms with Gasteiger partial charge in [0, 0.05) is 48.2 Å². The second-order valence-corrected chi connectivity index (χ2v) is 12.5. The van der Waals surface area contributed by atoms with Crippen LogP contribution in [0.5, 0.6) is 0 Å². The maximum atomic E-state index is 13.5. The molecular weight excluding hydrogens is 515 g/mol. The molecule has 11 heteroatoms. The van der Waals surface area contributed by atoms with Gasteiger partial charge < -0.3 is 4.90 Å². The third-order valence-corrected chi connectivity index (χ3v) is 9.41. The molecule has 7 nitrogen and oxygen atoms in total. The van der Waals surface area contributed by atoms with E-state index in [4.69, 9.17) is 11.6 Å². The monoisotopic (exact) mass is 543 g/mol. The van der Waals surface area contributed by atoms with E-state index in [0.717, 1.165) is 60.3 Å². The van der Waals surface area contributed by atoms with Gasteiger partial charge in [-0.3, -0.25) is 14.5 Å². The lowest BCUT2D eigenvalue weighted by molar-refractivity contribution is -0.258. The Hall–Kier alpha value is -2.72. The molecule has 38 heavy (non-hydrogen) atoms. The standard InChI is InChI=1S/C27H29ClF3N7/c1-16-10-32-11-22(33-16)37-14-26(15-37)6-18(7-26)24-35-34-23-13-36(20-8-25(2,9-20)27(29,30)31)12-17-5-19(28)3-4-21(17)38(23)24/h3-5,10-11,18,20H,6-9,12-15H2,1-2H3. The molecule has 4 aliphatic rings. The van der Waals surface area contributed by atoms with Crippen LogP contribution in [0.15, 0.2) is 30.6 Å². The highest BCUT2D eigenvalue weighted by atomic mass is 35.5. The first-order valence-electron chi connectivity index (χ1n) is 13.1. The summed E-state index contributed by atoms with van der Waals surface area (Å²) in [4.78, 5) is 13.3. The van der Waals surface area contributed by atoms with Gasteiger partial charge in [-0.1, -0.05) is 18.5 Å².